The van der Waals surface area contributed by atoms with Crippen molar-refractivity contribution in [3.8, 4) is 11.8 Å². The molecule has 0 aliphatic carbocycles. The molecule has 0 saturated carbocycles. The number of nitriles is 1. The van der Waals surface area contributed by atoms with Gasteiger partial charge in [0.15, 0.2) is 0 Å². The predicted octanol–water partition coefficient (Wildman–Crippen LogP) is 4.72. The Balaban J connectivity index is 1.89. The Kier molecular flexibility index (Phi) is 5.84. The third kappa shape index (κ3) is 4.65. The van der Waals surface area contributed by atoms with Crippen molar-refractivity contribution in [1.82, 2.24) is 0 Å². The van der Waals surface area contributed by atoms with E-state index in [1.165, 1.54) is 5.56 Å². The fourth-order valence-corrected chi connectivity index (χ4v) is 2.42. The summed E-state index contributed by atoms with van der Waals surface area (Å²) in [6, 6.07) is 20.7. The van der Waals surface area contributed by atoms with Crippen molar-refractivity contribution >= 4 is 0 Å². The maximum Gasteiger partial charge on any atom is 0.119 e. The molecule has 0 heterocycles. The minimum absolute atomic E-state index is 0.0376. The summed E-state index contributed by atoms with van der Waals surface area (Å²) in [6.45, 7) is 2.63. The van der Waals surface area contributed by atoms with Gasteiger partial charge in [-0.05, 0) is 49.4 Å². The molecule has 0 aliphatic rings. The van der Waals surface area contributed by atoms with Gasteiger partial charge in [-0.25, -0.2) is 0 Å². The molecule has 0 N–H and O–H groups in total. The molecular weight excluding hydrogens is 258 g/mol. The molecule has 0 aliphatic heterocycles. The molecule has 1 unspecified atom stereocenters. The van der Waals surface area contributed by atoms with Gasteiger partial charge in [0.1, 0.15) is 5.75 Å². The van der Waals surface area contributed by atoms with Gasteiger partial charge in [0, 0.05) is 0 Å². The third-order valence-electron chi connectivity index (χ3n) is 3.55. The van der Waals surface area contributed by atoms with Crippen molar-refractivity contribution in [3.05, 3.63) is 65.7 Å². The van der Waals surface area contributed by atoms with Crippen molar-refractivity contribution in [2.24, 2.45) is 0 Å². The maximum atomic E-state index is 9.37. The quantitative estimate of drug-likeness (QED) is 0.735. The lowest BCUT2D eigenvalue weighted by Gasteiger charge is -2.10. The van der Waals surface area contributed by atoms with Crippen LogP contribution in [0.3, 0.4) is 0 Å². The standard InChI is InChI=1S/C19H21NO/c1-2-21-19-13-11-17(12-14-19)18(15-20)10-6-9-16-7-4-3-5-8-16/h3-5,7-8,11-14,18H,2,6,9-10H2,1H3. The van der Waals surface area contributed by atoms with Gasteiger partial charge in [0.25, 0.3) is 0 Å². The number of benzene rings is 2. The first kappa shape index (κ1) is 15.1. The first-order valence-corrected chi connectivity index (χ1v) is 7.49. The molecule has 1 atom stereocenters. The highest BCUT2D eigenvalue weighted by molar-refractivity contribution is 5.32. The molecule has 21 heavy (non-hydrogen) atoms. The Bertz CT molecular complexity index is 569. The van der Waals surface area contributed by atoms with Crippen LogP contribution in [-0.4, -0.2) is 6.61 Å². The average molecular weight is 279 g/mol. The van der Waals surface area contributed by atoms with Gasteiger partial charge >= 0.3 is 0 Å². The van der Waals surface area contributed by atoms with Gasteiger partial charge < -0.3 is 4.74 Å². The topological polar surface area (TPSA) is 33.0 Å². The molecule has 2 rings (SSSR count). The van der Waals surface area contributed by atoms with Gasteiger partial charge in [-0.2, -0.15) is 5.26 Å². The van der Waals surface area contributed by atoms with Gasteiger partial charge in [-0.15, -0.1) is 0 Å². The Labute approximate surface area is 127 Å². The number of hydrogen-bond acceptors (Lipinski definition) is 2. The zero-order chi connectivity index (χ0) is 14.9. The second-order valence-corrected chi connectivity index (χ2v) is 5.06. The molecule has 2 aromatic rings. The zero-order valence-electron chi connectivity index (χ0n) is 12.5. The molecule has 0 radical (unpaired) electrons. The molecule has 0 fully saturated rings. The summed E-state index contributed by atoms with van der Waals surface area (Å²) in [5, 5.41) is 9.37. The highest BCUT2D eigenvalue weighted by Gasteiger charge is 2.10. The summed E-state index contributed by atoms with van der Waals surface area (Å²) < 4.78 is 5.43. The van der Waals surface area contributed by atoms with Gasteiger partial charge in [-0.3, -0.25) is 0 Å². The first-order chi connectivity index (χ1) is 10.3. The average Bonchev–Trinajstić information content (AvgIpc) is 2.54. The molecule has 2 aromatic carbocycles. The highest BCUT2D eigenvalue weighted by Crippen LogP contribution is 2.24. The normalized spacial score (nSPS) is 11.6. The van der Waals surface area contributed by atoms with E-state index in [0.717, 1.165) is 30.6 Å². The third-order valence-corrected chi connectivity index (χ3v) is 3.55. The zero-order valence-corrected chi connectivity index (χ0v) is 12.5. The lowest BCUT2D eigenvalue weighted by molar-refractivity contribution is 0.340. The van der Waals surface area contributed by atoms with Crippen LogP contribution in [0.25, 0.3) is 0 Å². The minimum Gasteiger partial charge on any atom is -0.494 e. The summed E-state index contributed by atoms with van der Waals surface area (Å²) in [5.74, 6) is 0.826. The number of nitrogens with zero attached hydrogens (tertiary/aromatic N) is 1. The monoisotopic (exact) mass is 279 g/mol. The van der Waals surface area contributed by atoms with Gasteiger partial charge in [0.2, 0.25) is 0 Å². The Morgan fingerprint density at radius 2 is 1.76 bits per heavy atom. The molecule has 0 spiro atoms. The van der Waals surface area contributed by atoms with Crippen LogP contribution in [-0.2, 0) is 6.42 Å². The van der Waals surface area contributed by atoms with Crippen molar-refractivity contribution in [1.29, 1.82) is 5.26 Å². The van der Waals surface area contributed by atoms with Crippen molar-refractivity contribution in [2.45, 2.75) is 32.1 Å². The molecule has 2 nitrogen and oxygen atoms in total. The molecule has 2 heteroatoms. The van der Waals surface area contributed by atoms with Crippen LogP contribution in [0.2, 0.25) is 0 Å². The van der Waals surface area contributed by atoms with Crippen LogP contribution >= 0.6 is 0 Å². The van der Waals surface area contributed by atoms with Crippen molar-refractivity contribution < 1.29 is 4.74 Å². The highest BCUT2D eigenvalue weighted by atomic mass is 16.5. The fraction of sp³-hybridized carbons (Fsp3) is 0.316. The summed E-state index contributed by atoms with van der Waals surface area (Å²) in [7, 11) is 0. The number of aryl methyl sites for hydroxylation is 1. The summed E-state index contributed by atoms with van der Waals surface area (Å²) in [4.78, 5) is 0. The Morgan fingerprint density at radius 3 is 2.38 bits per heavy atom. The van der Waals surface area contributed by atoms with Crippen molar-refractivity contribution in [2.75, 3.05) is 6.61 Å². The van der Waals surface area contributed by atoms with Crippen LogP contribution in [0.5, 0.6) is 5.75 Å². The summed E-state index contributed by atoms with van der Waals surface area (Å²) in [6.07, 6.45) is 2.94. The minimum atomic E-state index is -0.0376. The molecule has 0 aromatic heterocycles. The van der Waals surface area contributed by atoms with E-state index in [9.17, 15) is 5.26 Å². The van der Waals surface area contributed by atoms with Crippen molar-refractivity contribution in [3.63, 3.8) is 0 Å². The molecule has 0 amide bonds. The van der Waals surface area contributed by atoms with E-state index in [2.05, 4.69) is 30.3 Å². The van der Waals surface area contributed by atoms with E-state index in [-0.39, 0.29) is 5.92 Å². The Hall–Kier alpha value is -2.27. The molecular formula is C19H21NO. The van der Waals surface area contributed by atoms with Crippen LogP contribution in [0, 0.1) is 11.3 Å². The van der Waals surface area contributed by atoms with Crippen LogP contribution in [0.1, 0.15) is 36.8 Å². The molecule has 0 bridgehead atoms. The predicted molar refractivity (Wildman–Crippen MR) is 85.3 cm³/mol. The second kappa shape index (κ2) is 8.11. The van der Waals surface area contributed by atoms with E-state index in [1.54, 1.807) is 0 Å². The van der Waals surface area contributed by atoms with Crippen LogP contribution in [0.4, 0.5) is 0 Å². The number of rotatable bonds is 7. The van der Waals surface area contributed by atoms with Crippen LogP contribution < -0.4 is 4.74 Å². The second-order valence-electron chi connectivity index (χ2n) is 5.06. The number of ether oxygens (including phenoxy) is 1. The van der Waals surface area contributed by atoms with Crippen LogP contribution in [0.15, 0.2) is 54.6 Å². The first-order valence-electron chi connectivity index (χ1n) is 7.49. The molecule has 108 valence electrons. The fourth-order valence-electron chi connectivity index (χ4n) is 2.42. The molecule has 0 saturated heterocycles. The lowest BCUT2D eigenvalue weighted by Crippen LogP contribution is -1.98. The SMILES string of the molecule is CCOc1ccc(C(C#N)CCCc2ccccc2)cc1. The van der Waals surface area contributed by atoms with E-state index >= 15 is 0 Å². The lowest BCUT2D eigenvalue weighted by atomic mass is 9.94. The largest absolute Gasteiger partial charge is 0.494 e. The van der Waals surface area contributed by atoms with Gasteiger partial charge in [-0.1, -0.05) is 42.5 Å². The summed E-state index contributed by atoms with van der Waals surface area (Å²) in [5.41, 5.74) is 2.41. The van der Waals surface area contributed by atoms with E-state index in [0.29, 0.717) is 6.61 Å². The van der Waals surface area contributed by atoms with E-state index in [1.807, 2.05) is 37.3 Å². The van der Waals surface area contributed by atoms with E-state index in [4.69, 9.17) is 4.74 Å². The summed E-state index contributed by atoms with van der Waals surface area (Å²) >= 11 is 0. The maximum absolute atomic E-state index is 9.37. The number of hydrogen-bond donors (Lipinski definition) is 0. The Morgan fingerprint density at radius 1 is 1.05 bits per heavy atom. The van der Waals surface area contributed by atoms with Gasteiger partial charge in [0.05, 0.1) is 18.6 Å². The van der Waals surface area contributed by atoms with E-state index < -0.39 is 0 Å². The smallest absolute Gasteiger partial charge is 0.119 e.